The molecule has 1 aromatic rings. The van der Waals surface area contributed by atoms with E-state index >= 15 is 0 Å². The zero-order chi connectivity index (χ0) is 21.8. The highest BCUT2D eigenvalue weighted by atomic mass is 35.5. The fourth-order valence-corrected chi connectivity index (χ4v) is 5.30. The predicted molar refractivity (Wildman–Crippen MR) is 110 cm³/mol. The lowest BCUT2D eigenvalue weighted by atomic mass is 9.78. The molecule has 0 radical (unpaired) electrons. The topological polar surface area (TPSA) is 96.4 Å². The summed E-state index contributed by atoms with van der Waals surface area (Å²) in [6.07, 6.45) is 6.27. The van der Waals surface area contributed by atoms with Gasteiger partial charge in [0.25, 0.3) is 5.91 Å². The van der Waals surface area contributed by atoms with E-state index < -0.39 is 41.5 Å². The number of benzene rings is 1. The Balaban J connectivity index is 1.61. The number of halogens is 1. The van der Waals surface area contributed by atoms with Crippen LogP contribution in [0.1, 0.15) is 0 Å². The smallest absolute Gasteiger partial charge is 0.313 e. The molecule has 0 saturated carbocycles. The molecule has 31 heavy (non-hydrogen) atoms. The number of cyclic esters (lactones) is 1. The van der Waals surface area contributed by atoms with Crippen molar-refractivity contribution in [3.05, 3.63) is 53.6 Å². The van der Waals surface area contributed by atoms with Crippen LogP contribution in [0.25, 0.3) is 0 Å². The number of β-amino-alcohol motifs (C(OH)–C–C–N with tert-alkyl or cyclic N) is 1. The molecule has 2 fully saturated rings. The Hall–Kier alpha value is -2.68. The van der Waals surface area contributed by atoms with Crippen LogP contribution in [-0.2, 0) is 23.9 Å². The van der Waals surface area contributed by atoms with Gasteiger partial charge in [-0.05, 0) is 30.3 Å². The summed E-state index contributed by atoms with van der Waals surface area (Å²) in [6.45, 7) is 0.0282. The van der Waals surface area contributed by atoms with Crippen LogP contribution in [0, 0.1) is 11.8 Å². The molecule has 0 aromatic heterocycles. The average molecular weight is 445 g/mol. The zero-order valence-corrected chi connectivity index (χ0v) is 17.3. The molecule has 2 amide bonds. The minimum atomic E-state index is -1.32. The van der Waals surface area contributed by atoms with Gasteiger partial charge in [0.15, 0.2) is 0 Å². The monoisotopic (exact) mass is 444 g/mol. The van der Waals surface area contributed by atoms with Crippen molar-refractivity contribution in [2.24, 2.45) is 11.8 Å². The van der Waals surface area contributed by atoms with Crippen LogP contribution >= 0.6 is 11.6 Å². The number of hydrogen-bond acceptors (Lipinski definition) is 6. The first-order valence-electron chi connectivity index (χ1n) is 10.1. The van der Waals surface area contributed by atoms with Crippen molar-refractivity contribution in [3.63, 3.8) is 0 Å². The van der Waals surface area contributed by atoms with Gasteiger partial charge in [0.05, 0.1) is 18.6 Å². The van der Waals surface area contributed by atoms with E-state index in [1.165, 1.54) is 4.90 Å². The second kappa shape index (κ2) is 7.47. The standard InChI is InChI=1S/C22H21ClN2O6/c23-13-4-6-14(7-5-13)24-9-2-8-22-17(16-15(31-22)3-1-12-30-21(16)29)19(27)25(10-11-26)18(22)20(24)28/h1-8,15-18,26H,9-12H2/t15-,16+,17-,18?,22-/m0/s1. The molecule has 1 aromatic carbocycles. The van der Waals surface area contributed by atoms with Crippen molar-refractivity contribution < 1.29 is 29.0 Å². The molecule has 4 aliphatic rings. The van der Waals surface area contributed by atoms with Crippen molar-refractivity contribution in [1.29, 1.82) is 0 Å². The first-order valence-corrected chi connectivity index (χ1v) is 10.5. The van der Waals surface area contributed by atoms with Crippen molar-refractivity contribution in [2.45, 2.75) is 17.7 Å². The number of anilines is 1. The molecule has 0 bridgehead atoms. The highest BCUT2D eigenvalue weighted by molar-refractivity contribution is 6.30. The van der Waals surface area contributed by atoms with E-state index in [1.807, 2.05) is 0 Å². The highest BCUT2D eigenvalue weighted by Crippen LogP contribution is 2.53. The summed E-state index contributed by atoms with van der Waals surface area (Å²) in [5.41, 5.74) is -0.692. The zero-order valence-electron chi connectivity index (χ0n) is 16.5. The van der Waals surface area contributed by atoms with E-state index in [-0.39, 0.29) is 32.2 Å². The molecule has 5 atom stereocenters. The molecule has 9 heteroatoms. The third kappa shape index (κ3) is 2.93. The predicted octanol–water partition coefficient (Wildman–Crippen LogP) is 0.929. The van der Waals surface area contributed by atoms with Crippen LogP contribution in [0.15, 0.2) is 48.6 Å². The summed E-state index contributed by atoms with van der Waals surface area (Å²) in [7, 11) is 0. The maximum Gasteiger partial charge on any atom is 0.313 e. The van der Waals surface area contributed by atoms with Gasteiger partial charge in [0.1, 0.15) is 24.2 Å². The number of aliphatic hydroxyl groups is 1. The van der Waals surface area contributed by atoms with Crippen LogP contribution in [0.5, 0.6) is 0 Å². The van der Waals surface area contributed by atoms with E-state index in [9.17, 15) is 19.5 Å². The fourth-order valence-electron chi connectivity index (χ4n) is 5.17. The number of esters is 1. The van der Waals surface area contributed by atoms with E-state index in [0.29, 0.717) is 10.7 Å². The molecule has 162 valence electrons. The number of amides is 2. The van der Waals surface area contributed by atoms with Gasteiger partial charge in [-0.25, -0.2) is 0 Å². The van der Waals surface area contributed by atoms with Crippen molar-refractivity contribution in [1.82, 2.24) is 4.90 Å². The van der Waals surface area contributed by atoms with E-state index in [2.05, 4.69) is 0 Å². The number of aliphatic hydroxyl groups excluding tert-OH is 1. The summed E-state index contributed by atoms with van der Waals surface area (Å²) >= 11 is 5.99. The van der Waals surface area contributed by atoms with Crippen LogP contribution in [0.2, 0.25) is 5.02 Å². The number of ether oxygens (including phenoxy) is 2. The van der Waals surface area contributed by atoms with Crippen molar-refractivity contribution in [2.75, 3.05) is 31.2 Å². The second-order valence-corrected chi connectivity index (χ2v) is 8.42. The van der Waals surface area contributed by atoms with Crippen LogP contribution in [-0.4, -0.2) is 71.8 Å². The summed E-state index contributed by atoms with van der Waals surface area (Å²) in [4.78, 5) is 42.9. The van der Waals surface area contributed by atoms with Gasteiger partial charge in [0, 0.05) is 23.8 Å². The summed E-state index contributed by atoms with van der Waals surface area (Å²) < 4.78 is 11.6. The maximum atomic E-state index is 13.8. The number of nitrogens with zero attached hydrogens (tertiary/aromatic N) is 2. The normalized spacial score (nSPS) is 34.2. The highest BCUT2D eigenvalue weighted by Gasteiger charge is 2.71. The Kier molecular flexibility index (Phi) is 4.88. The Labute approximate surface area is 183 Å². The Morgan fingerprint density at radius 1 is 1.13 bits per heavy atom. The second-order valence-electron chi connectivity index (χ2n) is 7.98. The summed E-state index contributed by atoms with van der Waals surface area (Å²) in [6, 6.07) is 5.83. The van der Waals surface area contributed by atoms with Crippen LogP contribution < -0.4 is 4.90 Å². The molecule has 8 nitrogen and oxygen atoms in total. The number of hydrogen-bond donors (Lipinski definition) is 1. The first-order chi connectivity index (χ1) is 15.0. The molecule has 0 aliphatic carbocycles. The van der Waals surface area contributed by atoms with Crippen molar-refractivity contribution >= 4 is 35.1 Å². The molecule has 2 saturated heterocycles. The summed E-state index contributed by atoms with van der Waals surface area (Å²) in [5, 5.41) is 10.1. The molecule has 4 heterocycles. The average Bonchev–Trinajstić information content (AvgIpc) is 3.04. The first kappa shape index (κ1) is 20.2. The summed E-state index contributed by atoms with van der Waals surface area (Å²) in [5.74, 6) is -3.01. The largest absolute Gasteiger partial charge is 0.461 e. The van der Waals surface area contributed by atoms with Crippen LogP contribution in [0.4, 0.5) is 5.69 Å². The lowest BCUT2D eigenvalue weighted by Gasteiger charge is -2.35. The van der Waals surface area contributed by atoms with Gasteiger partial charge in [-0.1, -0.05) is 29.8 Å². The Bertz CT molecular complexity index is 992. The number of fused-ring (bicyclic) bond motifs is 2. The third-order valence-electron chi connectivity index (χ3n) is 6.39. The van der Waals surface area contributed by atoms with Gasteiger partial charge in [-0.15, -0.1) is 0 Å². The number of carbonyl (C=O) groups excluding carboxylic acids is 3. The van der Waals surface area contributed by atoms with E-state index in [1.54, 1.807) is 53.5 Å². The lowest BCUT2D eigenvalue weighted by molar-refractivity contribution is -0.152. The number of likely N-dealkylation sites (tertiary alicyclic amines) is 1. The molecule has 5 rings (SSSR count). The minimum absolute atomic E-state index is 0.0403. The van der Waals surface area contributed by atoms with Gasteiger partial charge in [-0.2, -0.15) is 0 Å². The molecule has 1 unspecified atom stereocenters. The molecular weight excluding hydrogens is 424 g/mol. The Morgan fingerprint density at radius 2 is 1.90 bits per heavy atom. The molecule has 1 spiro atoms. The molecule has 4 aliphatic heterocycles. The lowest BCUT2D eigenvalue weighted by Crippen LogP contribution is -2.55. The van der Waals surface area contributed by atoms with Gasteiger partial charge >= 0.3 is 5.97 Å². The quantitative estimate of drug-likeness (QED) is 0.550. The number of carbonyl (C=O) groups is 3. The minimum Gasteiger partial charge on any atom is -0.461 e. The van der Waals surface area contributed by atoms with Crippen LogP contribution in [0.3, 0.4) is 0 Å². The van der Waals surface area contributed by atoms with Gasteiger partial charge < -0.3 is 24.4 Å². The number of rotatable bonds is 3. The maximum absolute atomic E-state index is 13.8. The Morgan fingerprint density at radius 3 is 2.65 bits per heavy atom. The van der Waals surface area contributed by atoms with Gasteiger partial charge in [0.2, 0.25) is 5.91 Å². The molecular formula is C22H21ClN2O6. The van der Waals surface area contributed by atoms with E-state index in [4.69, 9.17) is 21.1 Å². The van der Waals surface area contributed by atoms with Crippen molar-refractivity contribution in [3.8, 4) is 0 Å². The SMILES string of the molecule is O=C1OCC=C[C@@H]2O[C@]34C=CCN(c5ccc(Cl)cc5)C(=O)C3N(CCO)C(=O)[C@@H]4[C@H]12. The van der Waals surface area contributed by atoms with E-state index in [0.717, 1.165) is 0 Å². The molecule has 1 N–H and O–H groups in total. The van der Waals surface area contributed by atoms with Gasteiger partial charge in [-0.3, -0.25) is 14.4 Å². The fraction of sp³-hybridized carbons (Fsp3) is 0.409. The third-order valence-corrected chi connectivity index (χ3v) is 6.64.